The molecule has 1 aliphatic heterocycles. The van der Waals surface area contributed by atoms with Gasteiger partial charge in [-0.15, -0.1) is 11.8 Å². The predicted molar refractivity (Wildman–Crippen MR) is 77.5 cm³/mol. The molecular formula is C13H11ClFN3OS. The van der Waals surface area contributed by atoms with Gasteiger partial charge in [0, 0.05) is 23.2 Å². The van der Waals surface area contributed by atoms with E-state index in [1.807, 2.05) is 0 Å². The number of nitrogens with one attached hydrogen (secondary N) is 1. The van der Waals surface area contributed by atoms with Gasteiger partial charge < -0.3 is 5.32 Å². The second-order valence-corrected chi connectivity index (χ2v) is 6.01. The lowest BCUT2D eigenvalue weighted by molar-refractivity contribution is -0.113. The average molecular weight is 312 g/mol. The van der Waals surface area contributed by atoms with Crippen molar-refractivity contribution in [2.24, 2.45) is 7.05 Å². The zero-order chi connectivity index (χ0) is 14.3. The third kappa shape index (κ3) is 2.29. The molecule has 0 bridgehead atoms. The highest BCUT2D eigenvalue weighted by Crippen LogP contribution is 2.42. The Morgan fingerprint density at radius 3 is 3.05 bits per heavy atom. The number of aryl methyl sites for hydroxylation is 1. The van der Waals surface area contributed by atoms with Crippen LogP contribution < -0.4 is 5.32 Å². The van der Waals surface area contributed by atoms with Crippen molar-refractivity contribution in [3.63, 3.8) is 0 Å². The molecule has 1 amide bonds. The first-order valence-electron chi connectivity index (χ1n) is 5.94. The molecule has 1 aliphatic rings. The molecular weight excluding hydrogens is 301 g/mol. The van der Waals surface area contributed by atoms with Crippen molar-refractivity contribution in [2.45, 2.75) is 5.25 Å². The van der Waals surface area contributed by atoms with Crippen LogP contribution in [0.2, 0.25) is 5.02 Å². The summed E-state index contributed by atoms with van der Waals surface area (Å²) >= 11 is 7.16. The van der Waals surface area contributed by atoms with Crippen molar-refractivity contribution in [3.05, 3.63) is 46.4 Å². The van der Waals surface area contributed by atoms with Crippen LogP contribution in [-0.4, -0.2) is 21.4 Å². The monoisotopic (exact) mass is 311 g/mol. The third-order valence-electron chi connectivity index (χ3n) is 3.13. The van der Waals surface area contributed by atoms with Gasteiger partial charge in [0.15, 0.2) is 0 Å². The van der Waals surface area contributed by atoms with Gasteiger partial charge in [-0.2, -0.15) is 5.10 Å². The van der Waals surface area contributed by atoms with Crippen molar-refractivity contribution in [2.75, 3.05) is 11.1 Å². The van der Waals surface area contributed by atoms with Crippen molar-refractivity contribution in [3.8, 4) is 0 Å². The largest absolute Gasteiger partial charge is 0.310 e. The van der Waals surface area contributed by atoms with Gasteiger partial charge in [0.25, 0.3) is 0 Å². The zero-order valence-electron chi connectivity index (χ0n) is 10.6. The zero-order valence-corrected chi connectivity index (χ0v) is 12.1. The minimum absolute atomic E-state index is 0.114. The van der Waals surface area contributed by atoms with Crippen LogP contribution in [0.3, 0.4) is 0 Å². The molecule has 0 fully saturated rings. The summed E-state index contributed by atoms with van der Waals surface area (Å²) in [6.45, 7) is 0. The second-order valence-electron chi connectivity index (χ2n) is 4.48. The number of fused-ring (bicyclic) bond motifs is 1. The van der Waals surface area contributed by atoms with Gasteiger partial charge >= 0.3 is 0 Å². The second kappa shape index (κ2) is 5.10. The molecule has 0 saturated carbocycles. The first kappa shape index (κ1) is 13.5. The maximum atomic E-state index is 14.1. The standard InChI is InChI=1S/C13H11ClFN3OS/c1-18-13-9(5-16-18)12(20-6-11(19)17-13)8-3-2-7(14)4-10(8)15/h2-5,12H,6H2,1H3,(H,17,19)/t12-/m1/s1. The van der Waals surface area contributed by atoms with Gasteiger partial charge in [-0.25, -0.2) is 4.39 Å². The van der Waals surface area contributed by atoms with E-state index in [4.69, 9.17) is 11.6 Å². The summed E-state index contributed by atoms with van der Waals surface area (Å²) in [6.07, 6.45) is 1.66. The Kier molecular flexibility index (Phi) is 3.43. The van der Waals surface area contributed by atoms with Crippen LogP contribution in [0.25, 0.3) is 0 Å². The van der Waals surface area contributed by atoms with Crippen LogP contribution in [0.15, 0.2) is 24.4 Å². The van der Waals surface area contributed by atoms with Gasteiger partial charge in [0.05, 0.1) is 17.2 Å². The number of thioether (sulfide) groups is 1. The van der Waals surface area contributed by atoms with E-state index in [0.717, 1.165) is 5.56 Å². The molecule has 0 aliphatic carbocycles. The first-order chi connectivity index (χ1) is 9.56. The molecule has 0 unspecified atom stereocenters. The molecule has 4 nitrogen and oxygen atoms in total. The molecule has 2 aromatic rings. The highest BCUT2D eigenvalue weighted by atomic mass is 35.5. The van der Waals surface area contributed by atoms with E-state index in [-0.39, 0.29) is 22.7 Å². The summed E-state index contributed by atoms with van der Waals surface area (Å²) in [6, 6.07) is 4.59. The van der Waals surface area contributed by atoms with Crippen LogP contribution in [0.5, 0.6) is 0 Å². The minimum atomic E-state index is -0.376. The van der Waals surface area contributed by atoms with E-state index in [9.17, 15) is 9.18 Å². The van der Waals surface area contributed by atoms with Gasteiger partial charge in [0.2, 0.25) is 5.91 Å². The Hall–Kier alpha value is -1.53. The van der Waals surface area contributed by atoms with Crippen LogP contribution in [0, 0.1) is 5.82 Å². The fraction of sp³-hybridized carbons (Fsp3) is 0.231. The van der Waals surface area contributed by atoms with E-state index in [2.05, 4.69) is 10.4 Å². The number of hydrogen-bond acceptors (Lipinski definition) is 3. The molecule has 20 heavy (non-hydrogen) atoms. The number of aromatic nitrogens is 2. The number of hydrogen-bond donors (Lipinski definition) is 1. The molecule has 0 spiro atoms. The Morgan fingerprint density at radius 1 is 1.50 bits per heavy atom. The number of carbonyl (C=O) groups is 1. The molecule has 1 N–H and O–H groups in total. The molecule has 1 atom stereocenters. The van der Waals surface area contributed by atoms with E-state index in [0.29, 0.717) is 16.4 Å². The molecule has 2 heterocycles. The predicted octanol–water partition coefficient (Wildman–Crippen LogP) is 2.99. The van der Waals surface area contributed by atoms with E-state index in [1.165, 1.54) is 17.8 Å². The summed E-state index contributed by atoms with van der Waals surface area (Å²) in [4.78, 5) is 11.7. The number of halogens is 2. The number of benzene rings is 1. The Morgan fingerprint density at radius 2 is 2.30 bits per heavy atom. The van der Waals surface area contributed by atoms with E-state index < -0.39 is 0 Å². The lowest BCUT2D eigenvalue weighted by Crippen LogP contribution is -2.15. The first-order valence-corrected chi connectivity index (χ1v) is 7.37. The summed E-state index contributed by atoms with van der Waals surface area (Å²) in [5, 5.41) is 7.00. The van der Waals surface area contributed by atoms with Gasteiger partial charge in [-0.05, 0) is 12.1 Å². The smallest absolute Gasteiger partial charge is 0.235 e. The normalized spacial score (nSPS) is 18.4. The summed E-state index contributed by atoms with van der Waals surface area (Å²) in [5.74, 6) is 0.386. The molecule has 3 rings (SSSR count). The van der Waals surface area contributed by atoms with Crippen molar-refractivity contribution in [1.29, 1.82) is 0 Å². The fourth-order valence-corrected chi connectivity index (χ4v) is 3.46. The summed E-state index contributed by atoms with van der Waals surface area (Å²) in [5.41, 5.74) is 1.30. The molecule has 0 radical (unpaired) electrons. The van der Waals surface area contributed by atoms with E-state index >= 15 is 0 Å². The number of amides is 1. The highest BCUT2D eigenvalue weighted by Gasteiger charge is 2.28. The van der Waals surface area contributed by atoms with E-state index in [1.54, 1.807) is 30.1 Å². The van der Waals surface area contributed by atoms with Crippen molar-refractivity contribution < 1.29 is 9.18 Å². The maximum absolute atomic E-state index is 14.1. The van der Waals surface area contributed by atoms with Crippen LogP contribution in [0.1, 0.15) is 16.4 Å². The fourth-order valence-electron chi connectivity index (χ4n) is 2.19. The molecule has 1 aromatic heterocycles. The van der Waals surface area contributed by atoms with Gasteiger partial charge in [-0.1, -0.05) is 17.7 Å². The average Bonchev–Trinajstić information content (AvgIpc) is 2.65. The molecule has 7 heteroatoms. The number of rotatable bonds is 1. The summed E-state index contributed by atoms with van der Waals surface area (Å²) in [7, 11) is 1.74. The molecule has 1 aromatic carbocycles. The number of nitrogens with zero attached hydrogens (tertiary/aromatic N) is 2. The Bertz CT molecular complexity index is 688. The number of carbonyl (C=O) groups excluding carboxylic acids is 1. The van der Waals surface area contributed by atoms with Crippen LogP contribution in [0.4, 0.5) is 10.2 Å². The lowest BCUT2D eigenvalue weighted by Gasteiger charge is -2.15. The minimum Gasteiger partial charge on any atom is -0.310 e. The van der Waals surface area contributed by atoms with Crippen molar-refractivity contribution >= 4 is 35.1 Å². The quantitative estimate of drug-likeness (QED) is 0.880. The summed E-state index contributed by atoms with van der Waals surface area (Å²) < 4.78 is 15.7. The Balaban J connectivity index is 2.11. The Labute approximate surface area is 124 Å². The molecule has 104 valence electrons. The topological polar surface area (TPSA) is 46.9 Å². The van der Waals surface area contributed by atoms with Crippen LogP contribution in [-0.2, 0) is 11.8 Å². The van der Waals surface area contributed by atoms with Gasteiger partial charge in [-0.3, -0.25) is 9.48 Å². The highest BCUT2D eigenvalue weighted by molar-refractivity contribution is 8.00. The maximum Gasteiger partial charge on any atom is 0.235 e. The molecule has 0 saturated heterocycles. The lowest BCUT2D eigenvalue weighted by atomic mass is 10.1. The van der Waals surface area contributed by atoms with Crippen molar-refractivity contribution in [1.82, 2.24) is 9.78 Å². The number of anilines is 1. The van der Waals surface area contributed by atoms with Gasteiger partial charge in [0.1, 0.15) is 11.6 Å². The van der Waals surface area contributed by atoms with Crippen LogP contribution >= 0.6 is 23.4 Å². The third-order valence-corrected chi connectivity index (χ3v) is 4.64. The SMILES string of the molecule is Cn1ncc2c1NC(=O)CS[C@@H]2c1ccc(Cl)cc1F.